The summed E-state index contributed by atoms with van der Waals surface area (Å²) >= 11 is 0. The topological polar surface area (TPSA) is 55.4 Å². The van der Waals surface area contributed by atoms with Gasteiger partial charge in [0.15, 0.2) is 9.84 Å². The largest absolute Gasteiger partial charge is 0.493 e. The molecule has 5 heteroatoms. The van der Waals surface area contributed by atoms with E-state index in [1.54, 1.807) is 0 Å². The molecule has 0 aromatic heterocycles. The SMILES string of the molecule is CCCS(=O)(=O)CCOc1cccc(CNCC)c1. The lowest BCUT2D eigenvalue weighted by Gasteiger charge is -2.08. The van der Waals surface area contributed by atoms with E-state index in [1.807, 2.05) is 31.2 Å². The first-order valence-corrected chi connectivity index (χ1v) is 8.52. The van der Waals surface area contributed by atoms with Gasteiger partial charge in [0.2, 0.25) is 0 Å². The van der Waals surface area contributed by atoms with Gasteiger partial charge in [0.1, 0.15) is 12.4 Å². The lowest BCUT2D eigenvalue weighted by molar-refractivity contribution is 0.340. The molecule has 0 bridgehead atoms. The fraction of sp³-hybridized carbons (Fsp3) is 0.571. The number of hydrogen-bond acceptors (Lipinski definition) is 4. The van der Waals surface area contributed by atoms with Crippen molar-refractivity contribution in [3.05, 3.63) is 29.8 Å². The number of nitrogens with one attached hydrogen (secondary N) is 1. The molecular weight excluding hydrogens is 262 g/mol. The molecule has 0 unspecified atom stereocenters. The number of benzene rings is 1. The van der Waals surface area contributed by atoms with Gasteiger partial charge in [-0.15, -0.1) is 0 Å². The van der Waals surface area contributed by atoms with Crippen molar-refractivity contribution in [2.24, 2.45) is 0 Å². The molecule has 0 aliphatic carbocycles. The zero-order valence-corrected chi connectivity index (χ0v) is 12.5. The van der Waals surface area contributed by atoms with Crippen molar-refractivity contribution in [3.63, 3.8) is 0 Å². The van der Waals surface area contributed by atoms with Crippen LogP contribution in [0.5, 0.6) is 5.75 Å². The molecule has 0 spiro atoms. The Balaban J connectivity index is 2.45. The van der Waals surface area contributed by atoms with Crippen LogP contribution in [0.4, 0.5) is 0 Å². The first-order valence-electron chi connectivity index (χ1n) is 6.70. The van der Waals surface area contributed by atoms with Crippen molar-refractivity contribution >= 4 is 9.84 Å². The molecule has 108 valence electrons. The van der Waals surface area contributed by atoms with Crippen molar-refractivity contribution in [2.75, 3.05) is 24.7 Å². The van der Waals surface area contributed by atoms with Gasteiger partial charge < -0.3 is 10.1 Å². The van der Waals surface area contributed by atoms with E-state index in [0.717, 1.165) is 24.4 Å². The second-order valence-corrected chi connectivity index (χ2v) is 6.73. The van der Waals surface area contributed by atoms with E-state index >= 15 is 0 Å². The van der Waals surface area contributed by atoms with Crippen LogP contribution in [0.15, 0.2) is 24.3 Å². The van der Waals surface area contributed by atoms with Crippen LogP contribution in [0.3, 0.4) is 0 Å². The number of hydrogen-bond donors (Lipinski definition) is 1. The second-order valence-electron chi connectivity index (χ2n) is 4.43. The summed E-state index contributed by atoms with van der Waals surface area (Å²) in [6, 6.07) is 7.73. The highest BCUT2D eigenvalue weighted by atomic mass is 32.2. The van der Waals surface area contributed by atoms with E-state index < -0.39 is 9.84 Å². The number of ether oxygens (including phenoxy) is 1. The highest BCUT2D eigenvalue weighted by Crippen LogP contribution is 2.13. The van der Waals surface area contributed by atoms with Crippen LogP contribution in [0.1, 0.15) is 25.8 Å². The summed E-state index contributed by atoms with van der Waals surface area (Å²) < 4.78 is 28.6. The van der Waals surface area contributed by atoms with E-state index in [1.165, 1.54) is 0 Å². The van der Waals surface area contributed by atoms with Crippen LogP contribution < -0.4 is 10.1 Å². The highest BCUT2D eigenvalue weighted by molar-refractivity contribution is 7.91. The zero-order valence-electron chi connectivity index (χ0n) is 11.7. The van der Waals surface area contributed by atoms with Gasteiger partial charge in [-0.3, -0.25) is 0 Å². The Hall–Kier alpha value is -1.07. The standard InChI is InChI=1S/C14H23NO3S/c1-3-9-19(16,17)10-8-18-14-7-5-6-13(11-14)12-15-4-2/h5-7,11,15H,3-4,8-10,12H2,1-2H3. The molecular formula is C14H23NO3S. The molecule has 4 nitrogen and oxygen atoms in total. The summed E-state index contributed by atoms with van der Waals surface area (Å²) in [4.78, 5) is 0. The summed E-state index contributed by atoms with van der Waals surface area (Å²) in [6.07, 6.45) is 0.653. The van der Waals surface area contributed by atoms with Gasteiger partial charge in [0.05, 0.1) is 11.5 Å². The van der Waals surface area contributed by atoms with E-state index in [0.29, 0.717) is 6.42 Å². The predicted molar refractivity (Wildman–Crippen MR) is 78.3 cm³/mol. The molecule has 1 rings (SSSR count). The third-order valence-corrected chi connectivity index (χ3v) is 4.47. The molecule has 0 radical (unpaired) electrons. The third-order valence-electron chi connectivity index (χ3n) is 2.66. The van der Waals surface area contributed by atoms with Crippen molar-refractivity contribution in [1.29, 1.82) is 0 Å². The molecule has 0 amide bonds. The number of sulfone groups is 1. The molecule has 0 saturated heterocycles. The lowest BCUT2D eigenvalue weighted by Crippen LogP contribution is -2.17. The summed E-state index contributed by atoms with van der Waals surface area (Å²) in [5.41, 5.74) is 1.13. The second kappa shape index (κ2) is 8.17. The minimum atomic E-state index is -2.96. The molecule has 0 heterocycles. The van der Waals surface area contributed by atoms with E-state index in [4.69, 9.17) is 4.74 Å². The Bertz CT molecular complexity index is 471. The molecule has 1 aromatic carbocycles. The van der Waals surface area contributed by atoms with Gasteiger partial charge in [-0.25, -0.2) is 8.42 Å². The molecule has 0 saturated carbocycles. The Morgan fingerprint density at radius 1 is 1.21 bits per heavy atom. The summed E-state index contributed by atoms with van der Waals surface area (Å²) in [6.45, 7) is 5.84. The first-order chi connectivity index (χ1) is 9.07. The van der Waals surface area contributed by atoms with E-state index in [-0.39, 0.29) is 18.1 Å². The maximum absolute atomic E-state index is 11.5. The smallest absolute Gasteiger partial charge is 0.153 e. The third kappa shape index (κ3) is 6.59. The maximum atomic E-state index is 11.5. The molecule has 0 aliphatic heterocycles. The maximum Gasteiger partial charge on any atom is 0.153 e. The predicted octanol–water partition coefficient (Wildman–Crippen LogP) is 2.00. The van der Waals surface area contributed by atoms with Crippen molar-refractivity contribution in [1.82, 2.24) is 5.32 Å². The van der Waals surface area contributed by atoms with Gasteiger partial charge in [-0.05, 0) is 30.7 Å². The van der Waals surface area contributed by atoms with Crippen LogP contribution in [-0.2, 0) is 16.4 Å². The van der Waals surface area contributed by atoms with Crippen LogP contribution in [0, 0.1) is 0 Å². The molecule has 0 atom stereocenters. The van der Waals surface area contributed by atoms with Gasteiger partial charge in [0, 0.05) is 6.54 Å². The Kier molecular flexibility index (Phi) is 6.87. The van der Waals surface area contributed by atoms with Gasteiger partial charge in [-0.1, -0.05) is 26.0 Å². The van der Waals surface area contributed by atoms with E-state index in [2.05, 4.69) is 12.2 Å². The van der Waals surface area contributed by atoms with Crippen molar-refractivity contribution in [2.45, 2.75) is 26.8 Å². The first kappa shape index (κ1) is 16.0. The summed E-state index contributed by atoms with van der Waals surface area (Å²) in [5, 5.41) is 3.24. The van der Waals surface area contributed by atoms with E-state index in [9.17, 15) is 8.42 Å². The summed E-state index contributed by atoms with van der Waals surface area (Å²) in [7, 11) is -2.96. The van der Waals surface area contributed by atoms with Crippen molar-refractivity contribution in [3.8, 4) is 5.75 Å². The molecule has 1 N–H and O–H groups in total. The normalized spacial score (nSPS) is 11.5. The monoisotopic (exact) mass is 285 g/mol. The highest BCUT2D eigenvalue weighted by Gasteiger charge is 2.09. The minimum absolute atomic E-state index is 0.0816. The van der Waals surface area contributed by atoms with Crippen LogP contribution in [-0.4, -0.2) is 33.1 Å². The summed E-state index contributed by atoms with van der Waals surface area (Å²) in [5.74, 6) is 1.04. The van der Waals surface area contributed by atoms with Crippen molar-refractivity contribution < 1.29 is 13.2 Å². The average molecular weight is 285 g/mol. The minimum Gasteiger partial charge on any atom is -0.493 e. The van der Waals surface area contributed by atoms with Crippen LogP contribution in [0.2, 0.25) is 0 Å². The van der Waals surface area contributed by atoms with Crippen LogP contribution >= 0.6 is 0 Å². The van der Waals surface area contributed by atoms with Gasteiger partial charge in [-0.2, -0.15) is 0 Å². The van der Waals surface area contributed by atoms with Gasteiger partial charge in [0.25, 0.3) is 0 Å². The Labute approximate surface area is 116 Å². The molecule has 0 fully saturated rings. The Morgan fingerprint density at radius 2 is 2.00 bits per heavy atom. The van der Waals surface area contributed by atoms with Crippen LogP contribution in [0.25, 0.3) is 0 Å². The molecule has 19 heavy (non-hydrogen) atoms. The van der Waals surface area contributed by atoms with Gasteiger partial charge >= 0.3 is 0 Å². The fourth-order valence-corrected chi connectivity index (χ4v) is 2.88. The Morgan fingerprint density at radius 3 is 2.68 bits per heavy atom. The molecule has 0 aliphatic rings. The number of rotatable bonds is 9. The fourth-order valence-electron chi connectivity index (χ4n) is 1.71. The zero-order chi connectivity index (χ0) is 14.1. The quantitative estimate of drug-likeness (QED) is 0.754. The molecule has 1 aromatic rings. The average Bonchev–Trinajstić information content (AvgIpc) is 2.36. The lowest BCUT2D eigenvalue weighted by atomic mass is 10.2.